The second-order valence-corrected chi connectivity index (χ2v) is 6.39. The van der Waals surface area contributed by atoms with Gasteiger partial charge in [-0.3, -0.25) is 24.6 Å². The van der Waals surface area contributed by atoms with Gasteiger partial charge in [0.1, 0.15) is 17.4 Å². The minimum Gasteiger partial charge on any atom is -0.463 e. The van der Waals surface area contributed by atoms with Crippen molar-refractivity contribution < 1.29 is 14.0 Å². The second-order valence-electron chi connectivity index (χ2n) is 6.00. The summed E-state index contributed by atoms with van der Waals surface area (Å²) in [5, 5.41) is 2.85. The van der Waals surface area contributed by atoms with E-state index < -0.39 is 11.8 Å². The zero-order chi connectivity index (χ0) is 19.0. The number of aryl methyl sites for hydroxylation is 2. The molecular formula is C19H16N2O4S. The summed E-state index contributed by atoms with van der Waals surface area (Å²) in [6, 6.07) is 3.63. The van der Waals surface area contributed by atoms with Crippen molar-refractivity contribution >= 4 is 46.2 Å². The molecule has 0 unspecified atom stereocenters. The number of hydrogen-bond donors (Lipinski definition) is 1. The van der Waals surface area contributed by atoms with Gasteiger partial charge in [-0.2, -0.15) is 0 Å². The summed E-state index contributed by atoms with van der Waals surface area (Å²) in [6.07, 6.45) is 3.99. The van der Waals surface area contributed by atoms with E-state index in [9.17, 15) is 14.4 Å². The maximum absolute atomic E-state index is 12.8. The minimum absolute atomic E-state index is 0.00819. The highest BCUT2D eigenvalue weighted by atomic mass is 32.1. The van der Waals surface area contributed by atoms with Gasteiger partial charge in [-0.25, -0.2) is 0 Å². The summed E-state index contributed by atoms with van der Waals surface area (Å²) in [6.45, 7) is 7.45. The highest BCUT2D eigenvalue weighted by molar-refractivity contribution is 7.80. The van der Waals surface area contributed by atoms with Crippen LogP contribution >= 0.6 is 12.2 Å². The number of nitrogens with zero attached hydrogens (tertiary/aromatic N) is 1. The summed E-state index contributed by atoms with van der Waals surface area (Å²) < 4.78 is 5.57. The van der Waals surface area contributed by atoms with Crippen LogP contribution in [0.5, 0.6) is 0 Å². The summed E-state index contributed by atoms with van der Waals surface area (Å²) in [4.78, 5) is 38.7. The summed E-state index contributed by atoms with van der Waals surface area (Å²) in [5.41, 5.74) is 1.86. The van der Waals surface area contributed by atoms with Crippen LogP contribution in [0.3, 0.4) is 0 Å². The van der Waals surface area contributed by atoms with E-state index in [1.54, 1.807) is 6.07 Å². The normalized spacial score (nSPS) is 16.3. The van der Waals surface area contributed by atoms with Gasteiger partial charge in [0.15, 0.2) is 10.5 Å². The Morgan fingerprint density at radius 2 is 2.00 bits per heavy atom. The van der Waals surface area contributed by atoms with Crippen LogP contribution in [-0.4, -0.2) is 28.4 Å². The molecule has 2 amide bonds. The number of amides is 2. The molecule has 1 fully saturated rings. The maximum Gasteiger partial charge on any atom is 0.265 e. The third kappa shape index (κ3) is 2.97. The van der Waals surface area contributed by atoms with Crippen LogP contribution in [-0.2, 0) is 9.59 Å². The van der Waals surface area contributed by atoms with Crippen LogP contribution in [0.1, 0.15) is 16.7 Å². The van der Waals surface area contributed by atoms with Crippen LogP contribution in [0.25, 0.3) is 17.0 Å². The number of benzene rings is 1. The van der Waals surface area contributed by atoms with E-state index in [1.165, 1.54) is 23.3 Å². The highest BCUT2D eigenvalue weighted by Crippen LogP contribution is 2.20. The van der Waals surface area contributed by atoms with Gasteiger partial charge < -0.3 is 4.42 Å². The Bertz CT molecular complexity index is 1070. The smallest absolute Gasteiger partial charge is 0.265 e. The lowest BCUT2D eigenvalue weighted by Crippen LogP contribution is -2.53. The van der Waals surface area contributed by atoms with E-state index in [2.05, 4.69) is 11.9 Å². The monoisotopic (exact) mass is 368 g/mol. The molecule has 1 aliphatic rings. The molecule has 26 heavy (non-hydrogen) atoms. The lowest BCUT2D eigenvalue weighted by molar-refractivity contribution is -0.128. The summed E-state index contributed by atoms with van der Waals surface area (Å²) in [5.74, 6) is -1.24. The number of nitrogens with one attached hydrogen (secondary N) is 1. The summed E-state index contributed by atoms with van der Waals surface area (Å²) >= 11 is 5.00. The van der Waals surface area contributed by atoms with E-state index in [4.69, 9.17) is 16.6 Å². The van der Waals surface area contributed by atoms with Crippen molar-refractivity contribution in [2.75, 3.05) is 6.54 Å². The Balaban J connectivity index is 2.14. The van der Waals surface area contributed by atoms with Gasteiger partial charge in [0.05, 0.1) is 10.9 Å². The van der Waals surface area contributed by atoms with Gasteiger partial charge in [-0.05, 0) is 49.3 Å². The third-order valence-electron chi connectivity index (χ3n) is 4.03. The Hall–Kier alpha value is -3.06. The number of rotatable bonds is 3. The average Bonchev–Trinajstić information content (AvgIpc) is 2.57. The van der Waals surface area contributed by atoms with Crippen molar-refractivity contribution in [3.8, 4) is 0 Å². The van der Waals surface area contributed by atoms with Gasteiger partial charge in [0, 0.05) is 6.54 Å². The molecule has 1 aliphatic heterocycles. The molecule has 1 aromatic heterocycles. The van der Waals surface area contributed by atoms with E-state index in [0.29, 0.717) is 11.0 Å². The highest BCUT2D eigenvalue weighted by Gasteiger charge is 2.32. The molecule has 3 rings (SSSR count). The number of hydrogen-bond acceptors (Lipinski definition) is 5. The van der Waals surface area contributed by atoms with Crippen LogP contribution in [0.2, 0.25) is 0 Å². The van der Waals surface area contributed by atoms with Gasteiger partial charge >= 0.3 is 0 Å². The first-order chi connectivity index (χ1) is 12.3. The van der Waals surface area contributed by atoms with E-state index in [1.807, 2.05) is 19.9 Å². The molecule has 7 heteroatoms. The van der Waals surface area contributed by atoms with E-state index >= 15 is 0 Å². The first-order valence-electron chi connectivity index (χ1n) is 7.86. The lowest BCUT2D eigenvalue weighted by Gasteiger charge is -2.27. The zero-order valence-corrected chi connectivity index (χ0v) is 15.1. The molecule has 0 atom stereocenters. The second kappa shape index (κ2) is 6.68. The molecule has 0 radical (unpaired) electrons. The molecule has 0 aliphatic carbocycles. The Kier molecular flexibility index (Phi) is 4.56. The first-order valence-corrected chi connectivity index (χ1v) is 8.27. The fourth-order valence-corrected chi connectivity index (χ4v) is 3.10. The van der Waals surface area contributed by atoms with Crippen molar-refractivity contribution in [3.05, 3.63) is 63.5 Å². The third-order valence-corrected chi connectivity index (χ3v) is 4.35. The van der Waals surface area contributed by atoms with Crippen molar-refractivity contribution in [2.45, 2.75) is 13.8 Å². The topological polar surface area (TPSA) is 79.6 Å². The van der Waals surface area contributed by atoms with Crippen molar-refractivity contribution in [1.29, 1.82) is 0 Å². The van der Waals surface area contributed by atoms with E-state index in [0.717, 1.165) is 11.1 Å². The molecule has 1 aromatic carbocycles. The number of carbonyl (C=O) groups is 2. The Labute approximate surface area is 154 Å². The molecule has 2 aromatic rings. The first kappa shape index (κ1) is 17.8. The molecule has 0 bridgehead atoms. The lowest BCUT2D eigenvalue weighted by atomic mass is 10.0. The fraction of sp³-hybridized carbons (Fsp3) is 0.158. The quantitative estimate of drug-likeness (QED) is 0.389. The van der Waals surface area contributed by atoms with Gasteiger partial charge in [0.25, 0.3) is 11.8 Å². The predicted molar refractivity (Wildman–Crippen MR) is 103 cm³/mol. The van der Waals surface area contributed by atoms with Gasteiger partial charge in [-0.1, -0.05) is 12.1 Å². The molecule has 6 nitrogen and oxygen atoms in total. The van der Waals surface area contributed by atoms with E-state index in [-0.39, 0.29) is 28.2 Å². The maximum atomic E-state index is 12.8. The Morgan fingerprint density at radius 3 is 2.69 bits per heavy atom. The van der Waals surface area contributed by atoms with Crippen molar-refractivity contribution in [2.24, 2.45) is 0 Å². The standard InChI is InChI=1S/C19H16N2O4S/c1-4-5-21-18(24)14(17(23)20-19(21)26)8-12-9-25-16-11(3)6-10(2)7-13(16)15(12)22/h4,6-9H,1,5H2,2-3H3,(H,20,23,26). The number of carbonyl (C=O) groups excluding carboxylic acids is 2. The fourth-order valence-electron chi connectivity index (χ4n) is 2.85. The van der Waals surface area contributed by atoms with Crippen LogP contribution in [0.15, 0.2) is 45.8 Å². The van der Waals surface area contributed by atoms with Crippen LogP contribution in [0, 0.1) is 13.8 Å². The molecule has 1 saturated heterocycles. The van der Waals surface area contributed by atoms with Crippen LogP contribution in [0.4, 0.5) is 0 Å². The van der Waals surface area contributed by atoms with Crippen molar-refractivity contribution in [3.63, 3.8) is 0 Å². The number of fused-ring (bicyclic) bond motifs is 1. The largest absolute Gasteiger partial charge is 0.463 e. The number of thiocarbonyl (C=S) groups is 1. The SMILES string of the molecule is C=CCN1C(=O)C(=Cc2coc3c(C)cc(C)cc3c2=O)C(=O)NC1=S. The molecule has 0 spiro atoms. The van der Waals surface area contributed by atoms with Crippen LogP contribution < -0.4 is 10.7 Å². The Morgan fingerprint density at radius 1 is 1.27 bits per heavy atom. The van der Waals surface area contributed by atoms with Crippen molar-refractivity contribution in [1.82, 2.24) is 10.2 Å². The zero-order valence-electron chi connectivity index (χ0n) is 14.3. The van der Waals surface area contributed by atoms with Gasteiger partial charge in [0.2, 0.25) is 0 Å². The molecule has 0 saturated carbocycles. The molecule has 132 valence electrons. The average molecular weight is 368 g/mol. The predicted octanol–water partition coefficient (Wildman–Crippen LogP) is 2.22. The molecule has 1 N–H and O–H groups in total. The summed E-state index contributed by atoms with van der Waals surface area (Å²) in [7, 11) is 0. The molecule has 2 heterocycles. The molecular weight excluding hydrogens is 352 g/mol. The van der Waals surface area contributed by atoms with Gasteiger partial charge in [-0.15, -0.1) is 6.58 Å². The minimum atomic E-state index is -0.653.